The second-order valence-corrected chi connectivity index (χ2v) is 16.6. The molecule has 0 saturated carbocycles. The summed E-state index contributed by atoms with van der Waals surface area (Å²) in [6, 6.07) is 17.0. The Morgan fingerprint density at radius 1 is 0.933 bits per heavy atom. The summed E-state index contributed by atoms with van der Waals surface area (Å²) in [5.74, 6) is 0.0793. The number of ether oxygens (including phenoxy) is 3. The maximum atomic E-state index is 14.5. The largest absolute Gasteiger partial charge is 0.491 e. The summed E-state index contributed by atoms with van der Waals surface area (Å²) in [5, 5.41) is 2.47. The highest BCUT2D eigenvalue weighted by molar-refractivity contribution is 7.21. The molecule has 2 aliphatic heterocycles. The van der Waals surface area contributed by atoms with Crippen LogP contribution in [-0.4, -0.2) is 90.8 Å². The van der Waals surface area contributed by atoms with Crippen LogP contribution >= 0.6 is 11.3 Å². The number of piperidine rings is 1. The molecule has 0 aliphatic carbocycles. The predicted molar refractivity (Wildman–Crippen MR) is 220 cm³/mol. The number of halogens is 3. The first-order valence-corrected chi connectivity index (χ1v) is 20.0. The molecule has 3 aromatic carbocycles. The monoisotopic (exact) mass is 844 g/mol. The Labute approximate surface area is 348 Å². The standard InChI is InChI=1S/C43H43F3N6O7S/c1-42(2,3)59-41(56)51(16-17-57-18-19-58-29-9-11-30-27(20-29)24-52(40(30)55)34-13-15-37(53)49-38(34)54)28-8-12-33-35(22-28)60-39(48-33)31-10-6-25(21-32(31)43(44,45)46)26-7-14-36(47-23-26)50(4)5/h6-12,14,20-23,34H,13,15-19,24H2,1-5H3,(H,49,53,54). The lowest BCUT2D eigenvalue weighted by molar-refractivity contribution is -0.138. The average Bonchev–Trinajstić information content (AvgIpc) is 3.76. The Kier molecular flexibility index (Phi) is 11.8. The first kappa shape index (κ1) is 42.1. The number of fused-ring (bicyclic) bond motifs is 2. The van der Waals surface area contributed by atoms with Crippen LogP contribution in [0.15, 0.2) is 72.9 Å². The molecule has 0 spiro atoms. The normalized spacial score (nSPS) is 15.6. The van der Waals surface area contributed by atoms with E-state index < -0.39 is 35.4 Å². The van der Waals surface area contributed by atoms with Gasteiger partial charge in [-0.3, -0.25) is 24.6 Å². The van der Waals surface area contributed by atoms with Crippen molar-refractivity contribution in [2.24, 2.45) is 0 Å². The number of rotatable bonds is 12. The van der Waals surface area contributed by atoms with E-state index in [0.29, 0.717) is 49.7 Å². The van der Waals surface area contributed by atoms with Gasteiger partial charge in [-0.15, -0.1) is 11.3 Å². The quantitative estimate of drug-likeness (QED) is 0.0980. The van der Waals surface area contributed by atoms with Gasteiger partial charge in [0, 0.05) is 55.6 Å². The number of thiazole rings is 1. The SMILES string of the molecule is CN(C)c1ccc(-c2ccc(-c3nc4ccc(N(CCOCCOc5ccc6c(c5)CN(C5CCC(=O)NC5=O)C6=O)C(=O)OC(C)(C)C)cc4s3)c(C(F)(F)F)c2)cn1. The number of nitrogens with one attached hydrogen (secondary N) is 1. The Bertz CT molecular complexity index is 2450. The Morgan fingerprint density at radius 3 is 2.40 bits per heavy atom. The molecule has 0 radical (unpaired) electrons. The average molecular weight is 845 g/mol. The minimum Gasteiger partial charge on any atom is -0.491 e. The van der Waals surface area contributed by atoms with Gasteiger partial charge in [0.15, 0.2) is 0 Å². The third-order valence-corrected chi connectivity index (χ3v) is 10.9. The summed E-state index contributed by atoms with van der Waals surface area (Å²) in [5.41, 5.74) is 1.32. The van der Waals surface area contributed by atoms with E-state index in [0.717, 1.165) is 17.4 Å². The number of amides is 4. The first-order chi connectivity index (χ1) is 28.4. The minimum atomic E-state index is -4.66. The van der Waals surface area contributed by atoms with Gasteiger partial charge >= 0.3 is 12.3 Å². The number of nitrogens with zero attached hydrogens (tertiary/aromatic N) is 5. The van der Waals surface area contributed by atoms with Crippen LogP contribution in [0.3, 0.4) is 0 Å². The van der Waals surface area contributed by atoms with Crippen LogP contribution in [0.5, 0.6) is 5.75 Å². The van der Waals surface area contributed by atoms with E-state index in [1.807, 2.05) is 14.1 Å². The second kappa shape index (κ2) is 16.9. The van der Waals surface area contributed by atoms with Crippen LogP contribution in [0.2, 0.25) is 0 Å². The van der Waals surface area contributed by atoms with Crippen molar-refractivity contribution in [3.8, 4) is 27.4 Å². The third-order valence-electron chi connectivity index (χ3n) is 9.84. The van der Waals surface area contributed by atoms with Crippen molar-refractivity contribution in [1.29, 1.82) is 0 Å². The molecule has 0 bridgehead atoms. The van der Waals surface area contributed by atoms with E-state index in [4.69, 9.17) is 14.2 Å². The minimum absolute atomic E-state index is 0.0611. The molecule has 4 heterocycles. The Morgan fingerprint density at radius 2 is 1.70 bits per heavy atom. The van der Waals surface area contributed by atoms with E-state index in [2.05, 4.69) is 15.3 Å². The van der Waals surface area contributed by atoms with Crippen LogP contribution in [-0.2, 0) is 31.8 Å². The van der Waals surface area contributed by atoms with Gasteiger partial charge in [-0.25, -0.2) is 14.8 Å². The molecular weight excluding hydrogens is 802 g/mol. The van der Waals surface area contributed by atoms with Crippen LogP contribution in [0.25, 0.3) is 31.9 Å². The molecule has 7 rings (SSSR count). The predicted octanol–water partition coefficient (Wildman–Crippen LogP) is 7.71. The molecule has 1 unspecified atom stereocenters. The van der Waals surface area contributed by atoms with Crippen molar-refractivity contribution in [2.45, 2.75) is 58.0 Å². The molecule has 2 aliphatic rings. The zero-order valence-corrected chi connectivity index (χ0v) is 34.4. The fraction of sp³-hybridized carbons (Fsp3) is 0.349. The van der Waals surface area contributed by atoms with E-state index in [1.54, 1.807) is 86.5 Å². The van der Waals surface area contributed by atoms with Gasteiger partial charge in [0.1, 0.15) is 34.8 Å². The molecule has 17 heteroatoms. The summed E-state index contributed by atoms with van der Waals surface area (Å²) < 4.78 is 61.6. The summed E-state index contributed by atoms with van der Waals surface area (Å²) in [6.45, 7) is 5.97. The molecule has 1 N–H and O–H groups in total. The van der Waals surface area contributed by atoms with Crippen LogP contribution in [0, 0.1) is 0 Å². The molecule has 60 heavy (non-hydrogen) atoms. The van der Waals surface area contributed by atoms with E-state index in [1.165, 1.54) is 15.9 Å². The number of carbonyl (C=O) groups excluding carboxylic acids is 4. The highest BCUT2D eigenvalue weighted by Crippen LogP contribution is 2.42. The second-order valence-electron chi connectivity index (χ2n) is 15.5. The van der Waals surface area contributed by atoms with Crippen molar-refractivity contribution >= 4 is 56.9 Å². The highest BCUT2D eigenvalue weighted by Gasteiger charge is 2.39. The number of pyridine rings is 1. The summed E-state index contributed by atoms with van der Waals surface area (Å²) in [4.78, 5) is 64.0. The van der Waals surface area contributed by atoms with Crippen LogP contribution < -0.4 is 19.9 Å². The smallest absolute Gasteiger partial charge is 0.417 e. The molecule has 4 amide bonds. The zero-order chi connectivity index (χ0) is 42.9. The lowest BCUT2D eigenvalue weighted by Gasteiger charge is -2.29. The summed E-state index contributed by atoms with van der Waals surface area (Å²) in [6.07, 6.45) is -3.31. The highest BCUT2D eigenvalue weighted by atomic mass is 32.1. The number of hydrogen-bond acceptors (Lipinski definition) is 11. The topological polar surface area (TPSA) is 144 Å². The van der Waals surface area contributed by atoms with Crippen molar-refractivity contribution in [1.82, 2.24) is 20.2 Å². The van der Waals surface area contributed by atoms with Gasteiger partial charge in [0.25, 0.3) is 5.91 Å². The third kappa shape index (κ3) is 9.37. The summed E-state index contributed by atoms with van der Waals surface area (Å²) in [7, 11) is 3.66. The Hall–Kier alpha value is -6.07. The number of alkyl halides is 3. The fourth-order valence-corrected chi connectivity index (χ4v) is 7.96. The molecule has 13 nitrogen and oxygen atoms in total. The Balaban J connectivity index is 1.01. The molecule has 1 saturated heterocycles. The van der Waals surface area contributed by atoms with Gasteiger partial charge in [0.05, 0.1) is 35.5 Å². The lowest BCUT2D eigenvalue weighted by atomic mass is 10.00. The van der Waals surface area contributed by atoms with E-state index >= 15 is 0 Å². The van der Waals surface area contributed by atoms with Crippen LogP contribution in [0.4, 0.5) is 29.5 Å². The van der Waals surface area contributed by atoms with Crippen molar-refractivity contribution in [3.63, 3.8) is 0 Å². The number of anilines is 2. The lowest BCUT2D eigenvalue weighted by Crippen LogP contribution is -2.52. The number of carbonyl (C=O) groups is 4. The van der Waals surface area contributed by atoms with Gasteiger partial charge in [-0.1, -0.05) is 12.1 Å². The molecule has 2 aromatic heterocycles. The molecule has 314 valence electrons. The number of benzene rings is 3. The molecule has 1 fully saturated rings. The van der Waals surface area contributed by atoms with Gasteiger partial charge < -0.3 is 24.0 Å². The number of imide groups is 1. The molecule has 5 aromatic rings. The zero-order valence-electron chi connectivity index (χ0n) is 33.6. The van der Waals surface area contributed by atoms with Crippen LogP contribution in [0.1, 0.15) is 55.1 Å². The molecule has 1 atom stereocenters. The number of aromatic nitrogens is 2. The summed E-state index contributed by atoms with van der Waals surface area (Å²) >= 11 is 1.08. The fourth-order valence-electron chi connectivity index (χ4n) is 6.92. The maximum Gasteiger partial charge on any atom is 0.417 e. The van der Waals surface area contributed by atoms with Gasteiger partial charge in [-0.05, 0) is 92.9 Å². The molecular formula is C43H43F3N6O7S. The van der Waals surface area contributed by atoms with Gasteiger partial charge in [0.2, 0.25) is 11.8 Å². The van der Waals surface area contributed by atoms with Gasteiger partial charge in [-0.2, -0.15) is 13.2 Å². The van der Waals surface area contributed by atoms with E-state index in [-0.39, 0.29) is 68.1 Å². The number of hydrogen-bond donors (Lipinski definition) is 1. The maximum absolute atomic E-state index is 14.5. The van der Waals surface area contributed by atoms with Crippen molar-refractivity contribution < 1.29 is 46.6 Å². The van der Waals surface area contributed by atoms with Crippen molar-refractivity contribution in [3.05, 3.63) is 89.6 Å². The first-order valence-electron chi connectivity index (χ1n) is 19.2. The van der Waals surface area contributed by atoms with Crippen molar-refractivity contribution in [2.75, 3.05) is 50.3 Å². The van der Waals surface area contributed by atoms with E-state index in [9.17, 15) is 32.3 Å².